The van der Waals surface area contributed by atoms with Crippen molar-refractivity contribution in [1.29, 1.82) is 0 Å². The lowest BCUT2D eigenvalue weighted by Crippen LogP contribution is -2.78. The normalized spacial score (nSPS) is 29.7. The molecule has 2 aliphatic heterocycles. The molecule has 2 rings (SSSR count). The smallest absolute Gasteiger partial charge is 0.407 e. The van der Waals surface area contributed by atoms with Crippen LogP contribution in [0.25, 0.3) is 0 Å². The fraction of sp³-hybridized carbons (Fsp3) is 0.909. The van der Waals surface area contributed by atoms with Crippen molar-refractivity contribution in [3.05, 3.63) is 0 Å². The van der Waals surface area contributed by atoms with E-state index < -0.39 is 17.5 Å². The fourth-order valence-electron chi connectivity index (χ4n) is 2.54. The molecule has 17 heavy (non-hydrogen) atoms. The Kier molecular flexibility index (Phi) is 2.88. The molecule has 1 spiro atoms. The van der Waals surface area contributed by atoms with Crippen LogP contribution >= 0.6 is 0 Å². The van der Waals surface area contributed by atoms with Crippen molar-refractivity contribution in [2.24, 2.45) is 5.41 Å². The molecule has 2 heterocycles. The van der Waals surface area contributed by atoms with Gasteiger partial charge in [0.05, 0.1) is 12.6 Å². The van der Waals surface area contributed by atoms with Crippen molar-refractivity contribution >= 4 is 17.5 Å². The summed E-state index contributed by atoms with van der Waals surface area (Å²) in [6.45, 7) is 9.86. The maximum Gasteiger partial charge on any atom is 0.407 e. The van der Waals surface area contributed by atoms with E-state index in [0.29, 0.717) is 13.1 Å². The van der Waals surface area contributed by atoms with E-state index in [9.17, 15) is 9.35 Å². The first kappa shape index (κ1) is 13.0. The Bertz CT molecular complexity index is 336. The number of carbonyl (C=O) groups is 1. The fourth-order valence-corrected chi connectivity index (χ4v) is 4.13. The summed E-state index contributed by atoms with van der Waals surface area (Å²) in [6.07, 6.45) is -0.849. The summed E-state index contributed by atoms with van der Waals surface area (Å²) in [5.41, 5.74) is 0.0549. The molecule has 0 bridgehead atoms. The monoisotopic (exact) mass is 260 g/mol. The predicted octanol–water partition coefficient (Wildman–Crippen LogP) is 1.13. The zero-order valence-corrected chi connectivity index (χ0v) is 11.6. The number of nitrogens with zero attached hydrogens (tertiary/aromatic N) is 2. The molecule has 1 amide bonds. The molecule has 1 N–H and O–H groups in total. The number of carboxylic acid groups (broad SMARTS) is 1. The van der Waals surface area contributed by atoms with Crippen molar-refractivity contribution in [2.45, 2.75) is 38.5 Å². The van der Waals surface area contributed by atoms with E-state index >= 15 is 0 Å². The quantitative estimate of drug-likeness (QED) is 0.718. The van der Waals surface area contributed by atoms with E-state index in [1.165, 1.54) is 4.90 Å². The summed E-state index contributed by atoms with van der Waals surface area (Å²) in [6, 6.07) is 0.207. The Morgan fingerprint density at radius 3 is 2.29 bits per heavy atom. The third kappa shape index (κ3) is 1.92. The largest absolute Gasteiger partial charge is 0.597 e. The summed E-state index contributed by atoms with van der Waals surface area (Å²) in [5, 5.41) is 8.83. The van der Waals surface area contributed by atoms with Crippen molar-refractivity contribution < 1.29 is 14.5 Å². The van der Waals surface area contributed by atoms with Crippen molar-refractivity contribution in [3.8, 4) is 0 Å². The van der Waals surface area contributed by atoms with E-state index in [-0.39, 0.29) is 16.2 Å². The zero-order chi connectivity index (χ0) is 13.0. The molecule has 6 heteroatoms. The standard InChI is InChI=1S/C11H20N2O3S/c1-8-11(5-12(6-11)9(14)15)7-13(8)17(16)10(2,3)4/h8H,5-7H2,1-4H3,(H,14,15)/t8-,17+/m0/s1. The van der Waals surface area contributed by atoms with Crippen molar-refractivity contribution in [2.75, 3.05) is 19.6 Å². The Balaban J connectivity index is 1.93. The van der Waals surface area contributed by atoms with E-state index in [1.807, 2.05) is 32.0 Å². The van der Waals surface area contributed by atoms with Gasteiger partial charge < -0.3 is 14.6 Å². The molecule has 5 nitrogen and oxygen atoms in total. The molecular weight excluding hydrogens is 240 g/mol. The summed E-state index contributed by atoms with van der Waals surface area (Å²) in [7, 11) is 0. The number of hydrogen-bond donors (Lipinski definition) is 1. The number of hydrogen-bond acceptors (Lipinski definition) is 3. The first-order valence-corrected chi connectivity index (χ1v) is 6.95. The van der Waals surface area contributed by atoms with Gasteiger partial charge in [0.15, 0.2) is 0 Å². The highest BCUT2D eigenvalue weighted by molar-refractivity contribution is 7.90. The van der Waals surface area contributed by atoms with Crippen LogP contribution in [0.3, 0.4) is 0 Å². The van der Waals surface area contributed by atoms with Gasteiger partial charge in [0.2, 0.25) is 0 Å². The highest BCUT2D eigenvalue weighted by atomic mass is 32.2. The van der Waals surface area contributed by atoms with Crippen molar-refractivity contribution in [1.82, 2.24) is 9.21 Å². The molecule has 0 unspecified atom stereocenters. The second-order valence-corrected chi connectivity index (χ2v) is 8.31. The summed E-state index contributed by atoms with van der Waals surface area (Å²) in [5.74, 6) is 0. The van der Waals surface area contributed by atoms with Crippen LogP contribution in [0, 0.1) is 5.41 Å². The van der Waals surface area contributed by atoms with Gasteiger partial charge in [0.1, 0.15) is 4.75 Å². The van der Waals surface area contributed by atoms with Crippen LogP contribution in [0.15, 0.2) is 0 Å². The third-order valence-corrected chi connectivity index (χ3v) is 5.73. The lowest BCUT2D eigenvalue weighted by Gasteiger charge is -2.62. The van der Waals surface area contributed by atoms with E-state index in [1.54, 1.807) is 0 Å². The minimum Gasteiger partial charge on any atom is -0.597 e. The highest BCUT2D eigenvalue weighted by Crippen LogP contribution is 2.48. The summed E-state index contributed by atoms with van der Waals surface area (Å²) < 4.78 is 13.9. The van der Waals surface area contributed by atoms with Crippen LogP contribution in [0.5, 0.6) is 0 Å². The maximum atomic E-state index is 12.2. The van der Waals surface area contributed by atoms with Gasteiger partial charge in [-0.05, 0) is 27.7 Å². The van der Waals surface area contributed by atoms with Crippen molar-refractivity contribution in [3.63, 3.8) is 0 Å². The maximum absolute atomic E-state index is 12.2. The van der Waals surface area contributed by atoms with E-state index in [2.05, 4.69) is 0 Å². The topological polar surface area (TPSA) is 66.8 Å². The molecule has 0 aromatic carbocycles. The first-order chi connectivity index (χ1) is 7.67. The molecule has 0 radical (unpaired) electrons. The Morgan fingerprint density at radius 1 is 1.41 bits per heavy atom. The minimum atomic E-state index is -0.994. The summed E-state index contributed by atoms with van der Waals surface area (Å²) >= 11 is -0.994. The second kappa shape index (κ2) is 3.76. The molecule has 0 aromatic heterocycles. The number of rotatable bonds is 1. The SMILES string of the molecule is C[C@@H]1N([S@+]([O-])C(C)(C)C)CC12CN(C(=O)O)C2. The number of amides is 1. The first-order valence-electron chi connectivity index (χ1n) is 5.84. The van der Waals surface area contributed by atoms with Gasteiger partial charge in [-0.25, -0.2) is 4.79 Å². The van der Waals surface area contributed by atoms with Crippen LogP contribution in [0.4, 0.5) is 4.79 Å². The molecule has 0 aliphatic carbocycles. The van der Waals surface area contributed by atoms with Crippen LogP contribution in [0.2, 0.25) is 0 Å². The van der Waals surface area contributed by atoms with Crippen LogP contribution in [-0.4, -0.2) is 55.4 Å². The van der Waals surface area contributed by atoms with Gasteiger partial charge in [0.25, 0.3) is 0 Å². The van der Waals surface area contributed by atoms with Gasteiger partial charge in [0, 0.05) is 29.9 Å². The van der Waals surface area contributed by atoms with Crippen LogP contribution in [0.1, 0.15) is 27.7 Å². The molecule has 2 atom stereocenters. The Labute approximate surface area is 105 Å². The molecule has 98 valence electrons. The third-order valence-electron chi connectivity index (χ3n) is 3.81. The molecule has 0 saturated carbocycles. The van der Waals surface area contributed by atoms with Crippen LogP contribution in [-0.2, 0) is 11.4 Å². The van der Waals surface area contributed by atoms with Gasteiger partial charge in [-0.3, -0.25) is 0 Å². The average Bonchev–Trinajstić information content (AvgIpc) is 2.11. The lowest BCUT2D eigenvalue weighted by atomic mass is 9.68. The van der Waals surface area contributed by atoms with Gasteiger partial charge in [-0.2, -0.15) is 0 Å². The molecule has 2 aliphatic rings. The van der Waals surface area contributed by atoms with Gasteiger partial charge in [-0.1, -0.05) is 0 Å². The molecular formula is C11H20N2O3S. The number of likely N-dealkylation sites (tertiary alicyclic amines) is 1. The van der Waals surface area contributed by atoms with Crippen LogP contribution < -0.4 is 0 Å². The Hall–Kier alpha value is -0.460. The summed E-state index contributed by atoms with van der Waals surface area (Å²) in [4.78, 5) is 12.2. The van der Waals surface area contributed by atoms with Gasteiger partial charge >= 0.3 is 6.09 Å². The van der Waals surface area contributed by atoms with E-state index in [4.69, 9.17) is 5.11 Å². The average molecular weight is 260 g/mol. The minimum absolute atomic E-state index is 0.0549. The zero-order valence-electron chi connectivity index (χ0n) is 10.8. The molecule has 2 saturated heterocycles. The second-order valence-electron chi connectivity index (χ2n) is 6.11. The van der Waals surface area contributed by atoms with E-state index in [0.717, 1.165) is 6.54 Å². The predicted molar refractivity (Wildman–Crippen MR) is 66.1 cm³/mol. The molecule has 2 fully saturated rings. The van der Waals surface area contributed by atoms with Gasteiger partial charge in [-0.15, -0.1) is 4.31 Å². The lowest BCUT2D eigenvalue weighted by molar-refractivity contribution is -0.109. The highest BCUT2D eigenvalue weighted by Gasteiger charge is 2.63. The Morgan fingerprint density at radius 2 is 1.94 bits per heavy atom. The molecule has 0 aromatic rings.